The van der Waals surface area contributed by atoms with Crippen molar-refractivity contribution in [3.8, 4) is 0 Å². The van der Waals surface area contributed by atoms with Gasteiger partial charge in [0.05, 0.1) is 12.5 Å². The van der Waals surface area contributed by atoms with E-state index in [1.54, 1.807) is 0 Å². The van der Waals surface area contributed by atoms with Crippen LogP contribution in [-0.4, -0.2) is 34.2 Å². The fraction of sp³-hybridized carbons (Fsp3) is 0.750. The van der Waals surface area contributed by atoms with Gasteiger partial charge in [0.2, 0.25) is 0 Å². The molecule has 2 atom stereocenters. The lowest BCUT2D eigenvalue weighted by Crippen LogP contribution is -2.38. The Kier molecular flexibility index (Phi) is 2.56. The van der Waals surface area contributed by atoms with Crippen LogP contribution in [0.2, 0.25) is 0 Å². The molecule has 5 nitrogen and oxygen atoms in total. The van der Waals surface area contributed by atoms with E-state index < -0.39 is 23.4 Å². The Balaban J connectivity index is 2.46. The number of nitrogens with one attached hydrogen (secondary N) is 1. The van der Waals surface area contributed by atoms with Crippen LogP contribution in [0.4, 0.5) is 0 Å². The number of carbonyl (C=O) groups is 2. The second-order valence-electron chi connectivity index (χ2n) is 3.35. The molecule has 0 heterocycles. The average Bonchev–Trinajstić information content (AvgIpc) is 2.76. The summed E-state index contributed by atoms with van der Waals surface area (Å²) < 4.78 is 0. The summed E-state index contributed by atoms with van der Waals surface area (Å²) in [5, 5.41) is 19.9. The third-order valence-electron chi connectivity index (χ3n) is 2.60. The van der Waals surface area contributed by atoms with Crippen molar-refractivity contribution >= 4 is 11.9 Å². The molecule has 2 unspecified atom stereocenters. The second kappa shape index (κ2) is 3.33. The van der Waals surface area contributed by atoms with Gasteiger partial charge < -0.3 is 15.5 Å². The molecule has 3 N–H and O–H groups in total. The van der Waals surface area contributed by atoms with E-state index in [2.05, 4.69) is 5.32 Å². The van der Waals surface area contributed by atoms with Crippen molar-refractivity contribution in [2.45, 2.75) is 25.3 Å². The van der Waals surface area contributed by atoms with Crippen LogP contribution >= 0.6 is 0 Å². The van der Waals surface area contributed by atoms with Crippen LogP contribution in [0.25, 0.3) is 0 Å². The van der Waals surface area contributed by atoms with Gasteiger partial charge in [-0.05, 0) is 12.8 Å². The zero-order valence-electron chi connectivity index (χ0n) is 7.41. The quantitative estimate of drug-likeness (QED) is 0.560. The summed E-state index contributed by atoms with van der Waals surface area (Å²) in [6.07, 6.45) is 1.18. The molecule has 1 aliphatic rings. The van der Waals surface area contributed by atoms with Gasteiger partial charge in [0.1, 0.15) is 0 Å². The summed E-state index contributed by atoms with van der Waals surface area (Å²) in [4.78, 5) is 20.8. The van der Waals surface area contributed by atoms with Crippen LogP contribution < -0.4 is 5.32 Å². The van der Waals surface area contributed by atoms with Crippen LogP contribution in [-0.2, 0) is 9.59 Å². The van der Waals surface area contributed by atoms with Crippen LogP contribution in [0.15, 0.2) is 0 Å². The highest BCUT2D eigenvalue weighted by Crippen LogP contribution is 2.45. The normalized spacial score (nSPS) is 31.3. The summed E-state index contributed by atoms with van der Waals surface area (Å²) in [5.41, 5.74) is -0.468. The van der Waals surface area contributed by atoms with Gasteiger partial charge in [0.15, 0.2) is 0 Å². The lowest BCUT2D eigenvalue weighted by Gasteiger charge is -2.14. The minimum atomic E-state index is -0.955. The molecule has 0 aromatic rings. The standard InChI is InChI=1S/C8H13NO4/c1-2-8(9-4-6(10)11)3-5(8)7(12)13/h5,9H,2-4H2,1H3,(H,10,11)(H,12,13). The monoisotopic (exact) mass is 187 g/mol. The van der Waals surface area contributed by atoms with Gasteiger partial charge >= 0.3 is 11.9 Å². The molecular formula is C8H13NO4. The van der Waals surface area contributed by atoms with Gasteiger partial charge in [-0.25, -0.2) is 0 Å². The van der Waals surface area contributed by atoms with Crippen molar-refractivity contribution in [1.29, 1.82) is 0 Å². The molecule has 0 bridgehead atoms. The van der Waals surface area contributed by atoms with Gasteiger partial charge in [0.25, 0.3) is 0 Å². The highest BCUT2D eigenvalue weighted by atomic mass is 16.4. The number of aliphatic carboxylic acids is 2. The van der Waals surface area contributed by atoms with E-state index in [1.807, 2.05) is 6.92 Å². The van der Waals surface area contributed by atoms with E-state index in [9.17, 15) is 9.59 Å². The van der Waals surface area contributed by atoms with E-state index in [0.29, 0.717) is 12.8 Å². The predicted molar refractivity (Wildman–Crippen MR) is 44.4 cm³/mol. The maximum absolute atomic E-state index is 10.6. The number of carboxylic acids is 2. The van der Waals surface area contributed by atoms with E-state index in [-0.39, 0.29) is 6.54 Å². The van der Waals surface area contributed by atoms with Crippen molar-refractivity contribution < 1.29 is 19.8 Å². The fourth-order valence-corrected chi connectivity index (χ4v) is 1.59. The fourth-order valence-electron chi connectivity index (χ4n) is 1.59. The summed E-state index contributed by atoms with van der Waals surface area (Å²) in [6.45, 7) is 1.69. The summed E-state index contributed by atoms with van der Waals surface area (Å²) in [6, 6.07) is 0. The summed E-state index contributed by atoms with van der Waals surface area (Å²) in [5.74, 6) is -2.22. The molecule has 0 aromatic heterocycles. The second-order valence-corrected chi connectivity index (χ2v) is 3.35. The maximum atomic E-state index is 10.6. The molecule has 1 aliphatic carbocycles. The largest absolute Gasteiger partial charge is 0.481 e. The van der Waals surface area contributed by atoms with Crippen LogP contribution in [0, 0.1) is 5.92 Å². The number of hydrogen-bond donors (Lipinski definition) is 3. The Bertz CT molecular complexity index is 240. The van der Waals surface area contributed by atoms with E-state index in [1.165, 1.54) is 0 Å². The Morgan fingerprint density at radius 3 is 2.46 bits per heavy atom. The van der Waals surface area contributed by atoms with Crippen molar-refractivity contribution in [3.63, 3.8) is 0 Å². The van der Waals surface area contributed by atoms with Crippen LogP contribution in [0.3, 0.4) is 0 Å². The van der Waals surface area contributed by atoms with Crippen LogP contribution in [0.5, 0.6) is 0 Å². The molecule has 0 aliphatic heterocycles. The number of rotatable bonds is 5. The molecule has 5 heteroatoms. The zero-order valence-corrected chi connectivity index (χ0v) is 7.41. The third-order valence-corrected chi connectivity index (χ3v) is 2.60. The van der Waals surface area contributed by atoms with E-state index >= 15 is 0 Å². The number of carboxylic acid groups (broad SMARTS) is 2. The molecule has 1 rings (SSSR count). The molecule has 0 saturated heterocycles. The molecule has 1 fully saturated rings. The molecular weight excluding hydrogens is 174 g/mol. The summed E-state index contributed by atoms with van der Waals surface area (Å²) in [7, 11) is 0. The van der Waals surface area contributed by atoms with Gasteiger partial charge in [0, 0.05) is 5.54 Å². The Morgan fingerprint density at radius 1 is 1.54 bits per heavy atom. The lowest BCUT2D eigenvalue weighted by molar-refractivity contribution is -0.140. The van der Waals surface area contributed by atoms with Crippen LogP contribution in [0.1, 0.15) is 19.8 Å². The molecule has 0 aromatic carbocycles. The first-order valence-corrected chi connectivity index (χ1v) is 4.21. The Labute approximate surface area is 75.7 Å². The topological polar surface area (TPSA) is 86.6 Å². The minimum absolute atomic E-state index is 0.169. The smallest absolute Gasteiger partial charge is 0.317 e. The molecule has 0 amide bonds. The third kappa shape index (κ3) is 1.98. The van der Waals surface area contributed by atoms with Crippen molar-refractivity contribution in [3.05, 3.63) is 0 Å². The molecule has 0 spiro atoms. The molecule has 1 saturated carbocycles. The highest BCUT2D eigenvalue weighted by Gasteiger charge is 2.57. The van der Waals surface area contributed by atoms with E-state index in [4.69, 9.17) is 10.2 Å². The minimum Gasteiger partial charge on any atom is -0.481 e. The molecule has 0 radical (unpaired) electrons. The first-order valence-electron chi connectivity index (χ1n) is 4.21. The highest BCUT2D eigenvalue weighted by molar-refractivity contribution is 5.76. The molecule has 74 valence electrons. The predicted octanol–water partition coefficient (Wildman–Crippen LogP) is -0.0861. The van der Waals surface area contributed by atoms with Crippen molar-refractivity contribution in [2.24, 2.45) is 5.92 Å². The first-order chi connectivity index (χ1) is 6.02. The van der Waals surface area contributed by atoms with E-state index in [0.717, 1.165) is 0 Å². The van der Waals surface area contributed by atoms with Crippen molar-refractivity contribution in [2.75, 3.05) is 6.54 Å². The van der Waals surface area contributed by atoms with Gasteiger partial charge in [-0.3, -0.25) is 9.59 Å². The zero-order chi connectivity index (χ0) is 10.1. The Hall–Kier alpha value is -1.10. The average molecular weight is 187 g/mol. The van der Waals surface area contributed by atoms with Gasteiger partial charge in [-0.1, -0.05) is 6.92 Å². The van der Waals surface area contributed by atoms with Gasteiger partial charge in [-0.2, -0.15) is 0 Å². The Morgan fingerprint density at radius 2 is 2.15 bits per heavy atom. The summed E-state index contributed by atoms with van der Waals surface area (Å²) >= 11 is 0. The van der Waals surface area contributed by atoms with Gasteiger partial charge in [-0.15, -0.1) is 0 Å². The first kappa shape index (κ1) is 9.98. The van der Waals surface area contributed by atoms with Crippen molar-refractivity contribution in [1.82, 2.24) is 5.32 Å². The number of hydrogen-bond acceptors (Lipinski definition) is 3. The SMILES string of the molecule is CCC1(NCC(=O)O)CC1C(=O)O. The maximum Gasteiger partial charge on any atom is 0.317 e. The lowest BCUT2D eigenvalue weighted by atomic mass is 10.1. The molecule has 13 heavy (non-hydrogen) atoms.